The summed E-state index contributed by atoms with van der Waals surface area (Å²) in [5, 5.41) is 0. The topological polar surface area (TPSA) is 26.3 Å². The van der Waals surface area contributed by atoms with Crippen LogP contribution in [0.5, 0.6) is 0 Å². The van der Waals surface area contributed by atoms with Crippen molar-refractivity contribution in [2.24, 2.45) is 5.92 Å². The summed E-state index contributed by atoms with van der Waals surface area (Å²) in [6.07, 6.45) is 47.6. The van der Waals surface area contributed by atoms with Crippen LogP contribution in [-0.2, 0) is 9.53 Å². The molecule has 2 nitrogen and oxygen atoms in total. The fourth-order valence-corrected chi connectivity index (χ4v) is 6.38. The van der Waals surface area contributed by atoms with Gasteiger partial charge in [-0.3, -0.25) is 4.79 Å². The summed E-state index contributed by atoms with van der Waals surface area (Å²) >= 11 is 0. The minimum atomic E-state index is 0.0290. The summed E-state index contributed by atoms with van der Waals surface area (Å²) in [5.74, 6) is 0.913. The zero-order chi connectivity index (χ0) is 31.3. The van der Waals surface area contributed by atoms with Crippen LogP contribution >= 0.6 is 0 Å². The molecular weight excluding hydrogens is 524 g/mol. The molecule has 0 rings (SSSR count). The Kier molecular flexibility index (Phi) is 37.2. The van der Waals surface area contributed by atoms with Crippen LogP contribution in [0, 0.1) is 5.92 Å². The van der Waals surface area contributed by atoms with Gasteiger partial charge >= 0.3 is 5.97 Å². The molecule has 2 heteroatoms. The highest BCUT2D eigenvalue weighted by Crippen LogP contribution is 2.16. The highest BCUT2D eigenvalue weighted by Gasteiger charge is 2.03. The van der Waals surface area contributed by atoms with Crippen LogP contribution in [-0.4, -0.2) is 12.6 Å². The van der Waals surface area contributed by atoms with Gasteiger partial charge in [-0.15, -0.1) is 0 Å². The molecule has 0 fully saturated rings. The number of carbonyl (C=O) groups is 1. The Morgan fingerprint density at radius 3 is 1.00 bits per heavy atom. The molecule has 0 aromatic heterocycles. The smallest absolute Gasteiger partial charge is 0.305 e. The second-order valence-electron chi connectivity index (χ2n) is 14.5. The highest BCUT2D eigenvalue weighted by molar-refractivity contribution is 5.69. The van der Waals surface area contributed by atoms with Gasteiger partial charge in [0.05, 0.1) is 6.61 Å². The Balaban J connectivity index is 3.13. The van der Waals surface area contributed by atoms with E-state index in [9.17, 15) is 4.79 Å². The second-order valence-corrected chi connectivity index (χ2v) is 14.5. The molecule has 0 aliphatic rings. The molecule has 258 valence electrons. The summed E-state index contributed by atoms with van der Waals surface area (Å²) < 4.78 is 5.46. The Morgan fingerprint density at radius 2 is 0.674 bits per heavy atom. The molecule has 0 heterocycles. The van der Waals surface area contributed by atoms with Crippen LogP contribution in [0.25, 0.3) is 0 Å². The molecule has 0 saturated carbocycles. The molecule has 0 N–H and O–H groups in total. The average molecular weight is 607 g/mol. The van der Waals surface area contributed by atoms with E-state index >= 15 is 0 Å². The quantitative estimate of drug-likeness (QED) is 0.0519. The van der Waals surface area contributed by atoms with Crippen molar-refractivity contribution in [1.29, 1.82) is 0 Å². The van der Waals surface area contributed by atoms with E-state index in [4.69, 9.17) is 4.74 Å². The SMILES string of the molecule is CCCCCCCCCCCCCCCC(=O)OCCCCCCCCCCCCCCCCCCCCCCC(C)C. The van der Waals surface area contributed by atoms with E-state index in [0.29, 0.717) is 13.0 Å². The zero-order valence-electron chi connectivity index (χ0n) is 30.3. The molecular formula is C41H82O2. The highest BCUT2D eigenvalue weighted by atomic mass is 16.5. The van der Waals surface area contributed by atoms with Gasteiger partial charge in [0.1, 0.15) is 0 Å². The number of carbonyl (C=O) groups excluding carboxylic acids is 1. The molecule has 0 amide bonds. The first-order valence-electron chi connectivity index (χ1n) is 20.3. The van der Waals surface area contributed by atoms with Gasteiger partial charge in [0, 0.05) is 6.42 Å². The monoisotopic (exact) mass is 607 g/mol. The van der Waals surface area contributed by atoms with Crippen molar-refractivity contribution >= 4 is 5.97 Å². The van der Waals surface area contributed by atoms with E-state index < -0.39 is 0 Å². The van der Waals surface area contributed by atoms with Crippen LogP contribution in [0.1, 0.15) is 245 Å². The van der Waals surface area contributed by atoms with Crippen LogP contribution in [0.3, 0.4) is 0 Å². The van der Waals surface area contributed by atoms with Crippen molar-refractivity contribution in [2.45, 2.75) is 245 Å². The van der Waals surface area contributed by atoms with E-state index in [1.165, 1.54) is 205 Å². The van der Waals surface area contributed by atoms with Gasteiger partial charge in [-0.25, -0.2) is 0 Å². The lowest BCUT2D eigenvalue weighted by molar-refractivity contribution is -0.143. The van der Waals surface area contributed by atoms with Crippen LogP contribution in [0.15, 0.2) is 0 Å². The van der Waals surface area contributed by atoms with Gasteiger partial charge in [-0.05, 0) is 18.8 Å². The van der Waals surface area contributed by atoms with Crippen LogP contribution in [0.4, 0.5) is 0 Å². The number of hydrogen-bond acceptors (Lipinski definition) is 2. The van der Waals surface area contributed by atoms with E-state index in [-0.39, 0.29) is 5.97 Å². The van der Waals surface area contributed by atoms with Gasteiger partial charge in [-0.2, -0.15) is 0 Å². The predicted octanol–water partition coefficient (Wildman–Crippen LogP) is 14.9. The summed E-state index contributed by atoms with van der Waals surface area (Å²) in [6.45, 7) is 7.60. The van der Waals surface area contributed by atoms with Gasteiger partial charge in [0.15, 0.2) is 0 Å². The standard InChI is InChI=1S/C41H82O2/c1-4-5-6-7-8-9-10-19-23-26-29-32-35-38-41(42)43-39-36-33-30-27-24-21-18-16-14-12-11-13-15-17-20-22-25-28-31-34-37-40(2)3/h40H,4-39H2,1-3H3. The summed E-state index contributed by atoms with van der Waals surface area (Å²) in [4.78, 5) is 11.9. The van der Waals surface area contributed by atoms with Crippen molar-refractivity contribution in [3.8, 4) is 0 Å². The minimum absolute atomic E-state index is 0.0290. The van der Waals surface area contributed by atoms with E-state index in [0.717, 1.165) is 18.8 Å². The average Bonchev–Trinajstić information content (AvgIpc) is 2.99. The number of hydrogen-bond donors (Lipinski definition) is 0. The minimum Gasteiger partial charge on any atom is -0.466 e. The molecule has 0 spiro atoms. The third-order valence-electron chi connectivity index (χ3n) is 9.42. The lowest BCUT2D eigenvalue weighted by atomic mass is 10.0. The first kappa shape index (κ1) is 42.5. The largest absolute Gasteiger partial charge is 0.466 e. The second kappa shape index (κ2) is 37.7. The maximum Gasteiger partial charge on any atom is 0.305 e. The van der Waals surface area contributed by atoms with Gasteiger partial charge in [0.2, 0.25) is 0 Å². The molecule has 0 bridgehead atoms. The van der Waals surface area contributed by atoms with Crippen molar-refractivity contribution in [1.82, 2.24) is 0 Å². The third kappa shape index (κ3) is 39.4. The van der Waals surface area contributed by atoms with Crippen LogP contribution < -0.4 is 0 Å². The maximum atomic E-state index is 11.9. The normalized spacial score (nSPS) is 11.5. The molecule has 43 heavy (non-hydrogen) atoms. The molecule has 0 atom stereocenters. The fraction of sp³-hybridized carbons (Fsp3) is 0.976. The fourth-order valence-electron chi connectivity index (χ4n) is 6.38. The van der Waals surface area contributed by atoms with Crippen LogP contribution in [0.2, 0.25) is 0 Å². The lowest BCUT2D eigenvalue weighted by Gasteiger charge is -2.06. The number of esters is 1. The first-order chi connectivity index (χ1) is 21.2. The maximum absolute atomic E-state index is 11.9. The van der Waals surface area contributed by atoms with Gasteiger partial charge < -0.3 is 4.74 Å². The van der Waals surface area contributed by atoms with Crippen molar-refractivity contribution < 1.29 is 9.53 Å². The van der Waals surface area contributed by atoms with Gasteiger partial charge in [-0.1, -0.05) is 226 Å². The number of ether oxygens (including phenoxy) is 1. The number of rotatable bonds is 37. The molecule has 0 aromatic carbocycles. The molecule has 0 radical (unpaired) electrons. The molecule has 0 unspecified atom stereocenters. The lowest BCUT2D eigenvalue weighted by Crippen LogP contribution is -2.05. The van der Waals surface area contributed by atoms with Crippen molar-refractivity contribution in [2.75, 3.05) is 6.61 Å². The van der Waals surface area contributed by atoms with Crippen molar-refractivity contribution in [3.63, 3.8) is 0 Å². The molecule has 0 aliphatic carbocycles. The molecule has 0 aliphatic heterocycles. The van der Waals surface area contributed by atoms with Crippen molar-refractivity contribution in [3.05, 3.63) is 0 Å². The van der Waals surface area contributed by atoms with E-state index in [1.54, 1.807) is 0 Å². The Morgan fingerprint density at radius 1 is 0.395 bits per heavy atom. The third-order valence-corrected chi connectivity index (χ3v) is 9.42. The van der Waals surface area contributed by atoms with E-state index in [2.05, 4.69) is 20.8 Å². The Bertz CT molecular complexity index is 514. The summed E-state index contributed by atoms with van der Waals surface area (Å²) in [7, 11) is 0. The first-order valence-corrected chi connectivity index (χ1v) is 20.3. The number of unbranched alkanes of at least 4 members (excludes halogenated alkanes) is 31. The van der Waals surface area contributed by atoms with E-state index in [1.807, 2.05) is 0 Å². The zero-order valence-corrected chi connectivity index (χ0v) is 30.3. The predicted molar refractivity (Wildman–Crippen MR) is 193 cm³/mol. The van der Waals surface area contributed by atoms with Gasteiger partial charge in [0.25, 0.3) is 0 Å². The Hall–Kier alpha value is -0.530. The molecule has 0 aromatic rings. The Labute approximate surface area is 273 Å². The molecule has 0 saturated heterocycles. The summed E-state index contributed by atoms with van der Waals surface area (Å²) in [6, 6.07) is 0. The summed E-state index contributed by atoms with van der Waals surface area (Å²) in [5.41, 5.74) is 0.